The molecule has 0 unspecified atom stereocenters. The summed E-state index contributed by atoms with van der Waals surface area (Å²) in [7, 11) is 0. The molecule has 1 aliphatic heterocycles. The maximum atomic E-state index is 9.22. The highest BCUT2D eigenvalue weighted by Gasteiger charge is 2.18. The second-order valence-corrected chi connectivity index (χ2v) is 5.50. The monoisotopic (exact) mass is 275 g/mol. The van der Waals surface area contributed by atoms with Gasteiger partial charge in [-0.15, -0.1) is 22.7 Å². The van der Waals surface area contributed by atoms with Crippen LogP contribution in [0, 0.1) is 11.3 Å². The van der Waals surface area contributed by atoms with Gasteiger partial charge in [-0.05, 0) is 17.5 Å². The van der Waals surface area contributed by atoms with Gasteiger partial charge in [0.1, 0.15) is 19.3 Å². The molecule has 0 saturated carbocycles. The van der Waals surface area contributed by atoms with Gasteiger partial charge < -0.3 is 9.47 Å². The van der Waals surface area contributed by atoms with Gasteiger partial charge in [-0.2, -0.15) is 5.26 Å². The summed E-state index contributed by atoms with van der Waals surface area (Å²) in [5.41, 5.74) is 0.656. The van der Waals surface area contributed by atoms with Gasteiger partial charge in [0, 0.05) is 10.3 Å². The van der Waals surface area contributed by atoms with Crippen molar-refractivity contribution in [1.29, 1.82) is 5.26 Å². The Kier molecular flexibility index (Phi) is 3.05. The van der Waals surface area contributed by atoms with Crippen LogP contribution in [0.1, 0.15) is 9.75 Å². The Morgan fingerprint density at radius 1 is 1.33 bits per heavy atom. The Morgan fingerprint density at radius 2 is 2.22 bits per heavy atom. The summed E-state index contributed by atoms with van der Waals surface area (Å²) in [5.74, 6) is 1.54. The summed E-state index contributed by atoms with van der Waals surface area (Å²) in [4.78, 5) is 1.91. The van der Waals surface area contributed by atoms with Gasteiger partial charge in [-0.1, -0.05) is 6.07 Å². The van der Waals surface area contributed by atoms with E-state index in [2.05, 4.69) is 6.07 Å². The van der Waals surface area contributed by atoms with E-state index in [1.54, 1.807) is 11.3 Å². The van der Waals surface area contributed by atoms with Crippen LogP contribution in [0.4, 0.5) is 0 Å². The molecule has 0 radical (unpaired) electrons. The molecule has 3 nitrogen and oxygen atoms in total. The highest BCUT2D eigenvalue weighted by Crippen LogP contribution is 2.41. The van der Waals surface area contributed by atoms with E-state index in [1.807, 2.05) is 29.0 Å². The summed E-state index contributed by atoms with van der Waals surface area (Å²) in [5, 5.41) is 13.1. The van der Waals surface area contributed by atoms with E-state index in [4.69, 9.17) is 9.47 Å². The number of thiophene rings is 2. The Morgan fingerprint density at radius 3 is 3.00 bits per heavy atom. The third-order valence-electron chi connectivity index (χ3n) is 2.51. The van der Waals surface area contributed by atoms with E-state index in [9.17, 15) is 5.26 Å². The molecule has 90 valence electrons. The van der Waals surface area contributed by atoms with Crippen molar-refractivity contribution in [3.05, 3.63) is 32.6 Å². The fourth-order valence-electron chi connectivity index (χ4n) is 1.70. The largest absolute Gasteiger partial charge is 0.485 e. The van der Waals surface area contributed by atoms with Gasteiger partial charge >= 0.3 is 0 Å². The first-order valence-corrected chi connectivity index (χ1v) is 7.17. The van der Waals surface area contributed by atoms with E-state index in [1.165, 1.54) is 11.3 Å². The number of rotatable bonds is 2. The smallest absolute Gasteiger partial charge is 0.179 e. The Hall–Kier alpha value is -1.77. The maximum Gasteiger partial charge on any atom is 0.179 e. The quantitative estimate of drug-likeness (QED) is 0.786. The normalized spacial score (nSPS) is 14.3. The average Bonchev–Trinajstić information content (AvgIpc) is 3.06. The lowest BCUT2D eigenvalue weighted by Gasteiger charge is -2.15. The lowest BCUT2D eigenvalue weighted by atomic mass is 10.2. The molecule has 18 heavy (non-hydrogen) atoms. The van der Waals surface area contributed by atoms with E-state index >= 15 is 0 Å². The first-order chi connectivity index (χ1) is 8.88. The van der Waals surface area contributed by atoms with Crippen LogP contribution in [0.5, 0.6) is 11.5 Å². The maximum absolute atomic E-state index is 9.22. The molecule has 3 rings (SSSR count). The second kappa shape index (κ2) is 4.84. The zero-order chi connectivity index (χ0) is 12.4. The predicted octanol–water partition coefficient (Wildman–Crippen LogP) is 3.64. The highest BCUT2D eigenvalue weighted by atomic mass is 32.1. The van der Waals surface area contributed by atoms with Crippen molar-refractivity contribution < 1.29 is 9.47 Å². The van der Waals surface area contributed by atoms with E-state index < -0.39 is 0 Å². The minimum atomic E-state index is 0.561. The lowest BCUT2D eigenvalue weighted by molar-refractivity contribution is 0.173. The molecular formula is C13H9NO2S2. The van der Waals surface area contributed by atoms with Gasteiger partial charge in [0.25, 0.3) is 0 Å². The molecule has 0 spiro atoms. The third kappa shape index (κ3) is 2.01. The van der Waals surface area contributed by atoms with Crippen LogP contribution in [0.15, 0.2) is 22.9 Å². The lowest BCUT2D eigenvalue weighted by Crippen LogP contribution is -2.14. The standard InChI is InChI=1S/C13H9NO2S2/c14-7-9(11-2-1-5-17-11)6-12-13-10(8-18-12)15-3-4-16-13/h1-2,5-6,8H,3-4H2/b9-6+. The highest BCUT2D eigenvalue weighted by molar-refractivity contribution is 7.12. The zero-order valence-corrected chi connectivity index (χ0v) is 11.0. The number of ether oxygens (including phenoxy) is 2. The molecule has 1 aliphatic rings. The topological polar surface area (TPSA) is 42.2 Å². The third-order valence-corrected chi connectivity index (χ3v) is 4.30. The molecule has 0 amide bonds. The molecule has 5 heteroatoms. The fraction of sp³-hybridized carbons (Fsp3) is 0.154. The summed E-state index contributed by atoms with van der Waals surface area (Å²) in [6.45, 7) is 1.15. The molecule has 3 heterocycles. The Labute approximate surface area is 113 Å². The van der Waals surface area contributed by atoms with Crippen LogP contribution >= 0.6 is 22.7 Å². The van der Waals surface area contributed by atoms with Gasteiger partial charge in [0.05, 0.1) is 10.5 Å². The molecule has 0 aliphatic carbocycles. The van der Waals surface area contributed by atoms with Crippen LogP contribution in [-0.2, 0) is 0 Å². The van der Waals surface area contributed by atoms with Crippen molar-refractivity contribution >= 4 is 34.3 Å². The molecule has 0 atom stereocenters. The second-order valence-electron chi connectivity index (χ2n) is 3.64. The van der Waals surface area contributed by atoms with E-state index in [0.717, 1.165) is 21.3 Å². The number of hydrogen-bond acceptors (Lipinski definition) is 5. The zero-order valence-electron chi connectivity index (χ0n) is 9.38. The number of allylic oxidation sites excluding steroid dienone is 1. The van der Waals surface area contributed by atoms with Crippen molar-refractivity contribution in [2.45, 2.75) is 0 Å². The Balaban J connectivity index is 2.01. The first-order valence-electron chi connectivity index (χ1n) is 5.41. The Bertz CT molecular complexity index is 620. The van der Waals surface area contributed by atoms with Gasteiger partial charge in [-0.3, -0.25) is 0 Å². The average molecular weight is 275 g/mol. The van der Waals surface area contributed by atoms with Crippen LogP contribution < -0.4 is 9.47 Å². The molecule has 0 saturated heterocycles. The first kappa shape index (κ1) is 11.3. The molecule has 0 aromatic carbocycles. The van der Waals surface area contributed by atoms with Crippen molar-refractivity contribution in [3.8, 4) is 17.6 Å². The molecule has 2 aromatic rings. The SMILES string of the molecule is N#C/C(=C\c1scc2c1OCCO2)c1cccs1. The van der Waals surface area contributed by atoms with Crippen molar-refractivity contribution in [1.82, 2.24) is 0 Å². The van der Waals surface area contributed by atoms with Crippen molar-refractivity contribution in [3.63, 3.8) is 0 Å². The molecule has 0 fully saturated rings. The van der Waals surface area contributed by atoms with Gasteiger partial charge in [-0.25, -0.2) is 0 Å². The van der Waals surface area contributed by atoms with Crippen LogP contribution in [0.3, 0.4) is 0 Å². The number of hydrogen-bond donors (Lipinski definition) is 0. The number of nitrogens with zero attached hydrogens (tertiary/aromatic N) is 1. The number of nitriles is 1. The molecule has 0 bridgehead atoms. The van der Waals surface area contributed by atoms with Crippen LogP contribution in [-0.4, -0.2) is 13.2 Å². The predicted molar refractivity (Wildman–Crippen MR) is 73.1 cm³/mol. The van der Waals surface area contributed by atoms with Crippen LogP contribution in [0.25, 0.3) is 11.6 Å². The fourth-order valence-corrected chi connectivity index (χ4v) is 3.26. The van der Waals surface area contributed by atoms with Gasteiger partial charge in [0.2, 0.25) is 0 Å². The molecule has 0 N–H and O–H groups in total. The van der Waals surface area contributed by atoms with Gasteiger partial charge in [0.15, 0.2) is 11.5 Å². The van der Waals surface area contributed by atoms with E-state index in [-0.39, 0.29) is 0 Å². The van der Waals surface area contributed by atoms with Crippen molar-refractivity contribution in [2.75, 3.05) is 13.2 Å². The minimum absolute atomic E-state index is 0.561. The van der Waals surface area contributed by atoms with Crippen LogP contribution in [0.2, 0.25) is 0 Å². The summed E-state index contributed by atoms with van der Waals surface area (Å²) in [6, 6.07) is 6.11. The minimum Gasteiger partial charge on any atom is -0.485 e. The summed E-state index contributed by atoms with van der Waals surface area (Å²) >= 11 is 3.09. The van der Waals surface area contributed by atoms with Crippen molar-refractivity contribution in [2.24, 2.45) is 0 Å². The van der Waals surface area contributed by atoms with E-state index in [0.29, 0.717) is 18.8 Å². The molecular weight excluding hydrogens is 266 g/mol. The summed E-state index contributed by atoms with van der Waals surface area (Å²) < 4.78 is 11.1. The number of fused-ring (bicyclic) bond motifs is 1. The summed E-state index contributed by atoms with van der Waals surface area (Å²) in [6.07, 6.45) is 1.87. The molecule has 2 aromatic heterocycles.